The van der Waals surface area contributed by atoms with Crippen molar-refractivity contribution < 1.29 is 9.53 Å². The van der Waals surface area contributed by atoms with E-state index >= 15 is 0 Å². The Kier molecular flexibility index (Phi) is 3.82. The Morgan fingerprint density at radius 3 is 2.78 bits per heavy atom. The van der Waals surface area contributed by atoms with Gasteiger partial charge in [0.25, 0.3) is 0 Å². The first-order chi connectivity index (χ1) is 8.44. The molecule has 2 aromatic heterocycles. The van der Waals surface area contributed by atoms with Crippen LogP contribution in [0.2, 0.25) is 0 Å². The van der Waals surface area contributed by atoms with Crippen LogP contribution in [-0.2, 0) is 16.0 Å². The van der Waals surface area contributed by atoms with E-state index in [1.807, 2.05) is 43.7 Å². The second-order valence-electron chi connectivity index (χ2n) is 4.88. The van der Waals surface area contributed by atoms with Crippen LogP contribution in [0.25, 0.3) is 9.88 Å². The molecule has 3 nitrogen and oxygen atoms in total. The number of thiophene rings is 1. The minimum absolute atomic E-state index is 0.231. The molecule has 0 radical (unpaired) electrons. The molecule has 0 unspecified atom stereocenters. The first kappa shape index (κ1) is 13.2. The summed E-state index contributed by atoms with van der Waals surface area (Å²) in [7, 11) is 0. The third-order valence-corrected chi connectivity index (χ3v) is 3.96. The van der Waals surface area contributed by atoms with Gasteiger partial charge in [-0.3, -0.25) is 4.79 Å². The van der Waals surface area contributed by atoms with Crippen molar-refractivity contribution in [2.45, 2.75) is 32.8 Å². The van der Waals surface area contributed by atoms with E-state index in [-0.39, 0.29) is 12.4 Å². The highest BCUT2D eigenvalue weighted by atomic mass is 32.1. The summed E-state index contributed by atoms with van der Waals surface area (Å²) in [6.07, 6.45) is 0.235. The number of aromatic nitrogens is 1. The lowest BCUT2D eigenvalue weighted by molar-refractivity contribution is -0.153. The van der Waals surface area contributed by atoms with Gasteiger partial charge >= 0.3 is 5.97 Å². The molecule has 0 aromatic carbocycles. The molecule has 2 heterocycles. The summed E-state index contributed by atoms with van der Waals surface area (Å²) in [5, 5.41) is 4.90. The number of esters is 1. The lowest BCUT2D eigenvalue weighted by atomic mass is 10.2. The molecule has 0 saturated heterocycles. The van der Waals surface area contributed by atoms with Gasteiger partial charge in [-0.1, -0.05) is 6.07 Å². The van der Waals surface area contributed by atoms with Gasteiger partial charge in [0.15, 0.2) is 0 Å². The largest absolute Gasteiger partial charge is 0.460 e. The van der Waals surface area contributed by atoms with Gasteiger partial charge in [-0.05, 0) is 32.2 Å². The van der Waals surface area contributed by atoms with Crippen molar-refractivity contribution in [2.24, 2.45) is 0 Å². The van der Waals surface area contributed by atoms with E-state index in [4.69, 9.17) is 4.74 Å². The average Bonchev–Trinajstić information content (AvgIpc) is 2.82. The molecule has 0 atom stereocenters. The zero-order valence-electron chi connectivity index (χ0n) is 10.6. The Hall–Kier alpha value is -1.20. The van der Waals surface area contributed by atoms with Crippen molar-refractivity contribution in [3.63, 3.8) is 0 Å². The van der Waals surface area contributed by atoms with Crippen molar-refractivity contribution >= 4 is 28.6 Å². The topological polar surface area (TPSA) is 39.2 Å². The molecule has 0 bridgehead atoms. The maximum atomic E-state index is 11.7. The number of carbonyl (C=O) groups is 1. The second-order valence-corrected chi connectivity index (χ2v) is 6.69. The molecule has 0 aliphatic heterocycles. The molecule has 0 amide bonds. The number of nitrogens with zero attached hydrogens (tertiary/aromatic N) is 1. The van der Waals surface area contributed by atoms with Crippen LogP contribution in [0.4, 0.5) is 0 Å². The molecule has 96 valence electrons. The Morgan fingerprint density at radius 2 is 2.17 bits per heavy atom. The van der Waals surface area contributed by atoms with Gasteiger partial charge in [0.1, 0.15) is 10.6 Å². The molecule has 0 saturated carbocycles. The van der Waals surface area contributed by atoms with Gasteiger partial charge in [0.05, 0.1) is 17.0 Å². The summed E-state index contributed by atoms with van der Waals surface area (Å²) in [6, 6.07) is 4.02. The second kappa shape index (κ2) is 5.20. The zero-order chi connectivity index (χ0) is 13.2. The van der Waals surface area contributed by atoms with E-state index in [1.165, 1.54) is 0 Å². The standard InChI is InChI=1S/C13H15NO2S2/c1-13(2,3)16-11(15)7-9-8-18-12(14-9)10-5-4-6-17-10/h4-6,8H,7H2,1-3H3. The number of thiazole rings is 1. The van der Waals surface area contributed by atoms with Crippen molar-refractivity contribution in [3.8, 4) is 9.88 Å². The average molecular weight is 281 g/mol. The van der Waals surface area contributed by atoms with Crippen LogP contribution in [-0.4, -0.2) is 16.6 Å². The molecule has 5 heteroatoms. The quantitative estimate of drug-likeness (QED) is 0.804. The maximum absolute atomic E-state index is 11.7. The van der Waals surface area contributed by atoms with Gasteiger partial charge in [-0.25, -0.2) is 4.98 Å². The van der Waals surface area contributed by atoms with Crippen LogP contribution >= 0.6 is 22.7 Å². The summed E-state index contributed by atoms with van der Waals surface area (Å²) in [5.74, 6) is -0.231. The molecule has 0 spiro atoms. The molecule has 0 fully saturated rings. The summed E-state index contributed by atoms with van der Waals surface area (Å²) in [4.78, 5) is 17.3. The van der Waals surface area contributed by atoms with Crippen LogP contribution in [0.1, 0.15) is 26.5 Å². The third kappa shape index (κ3) is 3.65. The van der Waals surface area contributed by atoms with Crippen LogP contribution in [0.5, 0.6) is 0 Å². The van der Waals surface area contributed by atoms with Gasteiger partial charge in [0, 0.05) is 5.38 Å². The third-order valence-electron chi connectivity index (χ3n) is 2.03. The summed E-state index contributed by atoms with van der Waals surface area (Å²) in [6.45, 7) is 5.59. The normalized spacial score (nSPS) is 11.5. The molecule has 2 rings (SSSR count). The molecule has 0 N–H and O–H groups in total. The number of rotatable bonds is 3. The molecule has 0 aliphatic rings. The number of ether oxygens (including phenoxy) is 1. The lowest BCUT2D eigenvalue weighted by Crippen LogP contribution is -2.24. The van der Waals surface area contributed by atoms with Gasteiger partial charge < -0.3 is 4.74 Å². The lowest BCUT2D eigenvalue weighted by Gasteiger charge is -2.18. The summed E-state index contributed by atoms with van der Waals surface area (Å²) < 4.78 is 5.27. The van der Waals surface area contributed by atoms with Gasteiger partial charge in [0.2, 0.25) is 0 Å². The number of hydrogen-bond donors (Lipinski definition) is 0. The maximum Gasteiger partial charge on any atom is 0.312 e. The molecular formula is C13H15NO2S2. The Labute approximate surface area is 114 Å². The van der Waals surface area contributed by atoms with Crippen molar-refractivity contribution in [2.75, 3.05) is 0 Å². The minimum Gasteiger partial charge on any atom is -0.460 e. The van der Waals surface area contributed by atoms with E-state index in [1.54, 1.807) is 22.7 Å². The highest BCUT2D eigenvalue weighted by molar-refractivity contribution is 7.20. The molecule has 0 aliphatic carbocycles. The van der Waals surface area contributed by atoms with E-state index in [2.05, 4.69) is 4.98 Å². The van der Waals surface area contributed by atoms with Crippen molar-refractivity contribution in [1.29, 1.82) is 0 Å². The van der Waals surface area contributed by atoms with Crippen molar-refractivity contribution in [1.82, 2.24) is 4.98 Å². The smallest absolute Gasteiger partial charge is 0.312 e. The predicted molar refractivity (Wildman–Crippen MR) is 75.0 cm³/mol. The van der Waals surface area contributed by atoms with E-state index in [0.29, 0.717) is 0 Å². The zero-order valence-corrected chi connectivity index (χ0v) is 12.2. The Bertz CT molecular complexity index is 523. The van der Waals surface area contributed by atoms with Crippen LogP contribution in [0.15, 0.2) is 22.9 Å². The highest BCUT2D eigenvalue weighted by Gasteiger charge is 2.17. The van der Waals surface area contributed by atoms with E-state index < -0.39 is 5.60 Å². The fourth-order valence-corrected chi connectivity index (χ4v) is 3.06. The highest BCUT2D eigenvalue weighted by Crippen LogP contribution is 2.28. The Morgan fingerprint density at radius 1 is 1.39 bits per heavy atom. The number of hydrogen-bond acceptors (Lipinski definition) is 5. The molecule has 2 aromatic rings. The number of carbonyl (C=O) groups excluding carboxylic acids is 1. The fourth-order valence-electron chi connectivity index (χ4n) is 1.43. The van der Waals surface area contributed by atoms with Gasteiger partial charge in [-0.15, -0.1) is 22.7 Å². The fraction of sp³-hybridized carbons (Fsp3) is 0.385. The molecular weight excluding hydrogens is 266 g/mol. The minimum atomic E-state index is -0.441. The van der Waals surface area contributed by atoms with Crippen LogP contribution < -0.4 is 0 Å². The summed E-state index contributed by atoms with van der Waals surface area (Å²) in [5.41, 5.74) is 0.335. The van der Waals surface area contributed by atoms with E-state index in [9.17, 15) is 4.79 Å². The monoisotopic (exact) mass is 281 g/mol. The van der Waals surface area contributed by atoms with Gasteiger partial charge in [-0.2, -0.15) is 0 Å². The van der Waals surface area contributed by atoms with Crippen LogP contribution in [0.3, 0.4) is 0 Å². The van der Waals surface area contributed by atoms with Crippen LogP contribution in [0, 0.1) is 0 Å². The SMILES string of the molecule is CC(C)(C)OC(=O)Cc1csc(-c2cccs2)n1. The van der Waals surface area contributed by atoms with Crippen molar-refractivity contribution in [3.05, 3.63) is 28.6 Å². The van der Waals surface area contributed by atoms with E-state index in [0.717, 1.165) is 15.6 Å². The molecule has 18 heavy (non-hydrogen) atoms. The first-order valence-corrected chi connectivity index (χ1v) is 7.40. The predicted octanol–water partition coefficient (Wildman–Crippen LogP) is 3.76. The summed E-state index contributed by atoms with van der Waals surface area (Å²) >= 11 is 3.21. The first-order valence-electron chi connectivity index (χ1n) is 5.64. The Balaban J connectivity index is 2.01.